The zero-order valence-corrected chi connectivity index (χ0v) is 10.6. The fourth-order valence-corrected chi connectivity index (χ4v) is 2.34. The molecule has 3 rings (SSSR count). The lowest BCUT2D eigenvalue weighted by molar-refractivity contribution is 0.171. The van der Waals surface area contributed by atoms with Crippen molar-refractivity contribution in [3.63, 3.8) is 0 Å². The first-order chi connectivity index (χ1) is 8.24. The average molecular weight is 254 g/mol. The van der Waals surface area contributed by atoms with Crippen molar-refractivity contribution in [2.45, 2.75) is 25.8 Å². The predicted octanol–water partition coefficient (Wildman–Crippen LogP) is 3.32. The molecule has 1 N–H and O–H groups in total. The summed E-state index contributed by atoms with van der Waals surface area (Å²) in [6, 6.07) is 4.24. The van der Waals surface area contributed by atoms with Crippen LogP contribution in [0, 0.1) is 5.92 Å². The van der Waals surface area contributed by atoms with Gasteiger partial charge in [0.1, 0.15) is 13.2 Å². The summed E-state index contributed by atoms with van der Waals surface area (Å²) in [6.45, 7) is 3.39. The van der Waals surface area contributed by atoms with Gasteiger partial charge < -0.3 is 14.8 Å². The Hall–Kier alpha value is -1.09. The van der Waals surface area contributed by atoms with E-state index in [4.69, 9.17) is 21.1 Å². The van der Waals surface area contributed by atoms with Crippen molar-refractivity contribution in [2.24, 2.45) is 5.92 Å². The quantitative estimate of drug-likeness (QED) is 0.896. The monoisotopic (exact) mass is 253 g/mol. The highest BCUT2D eigenvalue weighted by Gasteiger charge is 2.28. The number of hydrogen-bond donors (Lipinski definition) is 1. The number of anilines is 1. The highest BCUT2D eigenvalue weighted by molar-refractivity contribution is 6.33. The van der Waals surface area contributed by atoms with Gasteiger partial charge in [0.15, 0.2) is 11.5 Å². The van der Waals surface area contributed by atoms with E-state index < -0.39 is 0 Å². The third kappa shape index (κ3) is 2.29. The molecular formula is C13H16ClNO2. The highest BCUT2D eigenvalue weighted by Crippen LogP contribution is 2.40. The van der Waals surface area contributed by atoms with Crippen LogP contribution in [-0.4, -0.2) is 19.3 Å². The number of hydrogen-bond acceptors (Lipinski definition) is 3. The Morgan fingerprint density at radius 1 is 1.24 bits per heavy atom. The van der Waals surface area contributed by atoms with Crippen molar-refractivity contribution in [3.05, 3.63) is 17.2 Å². The number of nitrogens with one attached hydrogen (secondary N) is 1. The van der Waals surface area contributed by atoms with E-state index >= 15 is 0 Å². The highest BCUT2D eigenvalue weighted by atomic mass is 35.5. The van der Waals surface area contributed by atoms with Crippen molar-refractivity contribution < 1.29 is 9.47 Å². The summed E-state index contributed by atoms with van der Waals surface area (Å²) < 4.78 is 11.0. The molecular weight excluding hydrogens is 238 g/mol. The van der Waals surface area contributed by atoms with Crippen molar-refractivity contribution in [3.8, 4) is 11.5 Å². The summed E-state index contributed by atoms with van der Waals surface area (Å²) in [4.78, 5) is 0. The van der Waals surface area contributed by atoms with Crippen molar-refractivity contribution in [2.75, 3.05) is 18.5 Å². The first-order valence-corrected chi connectivity index (χ1v) is 6.47. The Morgan fingerprint density at radius 2 is 1.88 bits per heavy atom. The van der Waals surface area contributed by atoms with E-state index in [1.54, 1.807) is 0 Å². The molecule has 17 heavy (non-hydrogen) atoms. The van der Waals surface area contributed by atoms with Crippen LogP contribution in [-0.2, 0) is 0 Å². The van der Waals surface area contributed by atoms with Gasteiger partial charge in [0.25, 0.3) is 0 Å². The second kappa shape index (κ2) is 4.30. The molecule has 1 unspecified atom stereocenters. The molecule has 2 aliphatic rings. The molecule has 1 saturated carbocycles. The second-order valence-corrected chi connectivity index (χ2v) is 5.15. The van der Waals surface area contributed by atoms with Crippen LogP contribution in [0.1, 0.15) is 19.8 Å². The lowest BCUT2D eigenvalue weighted by Crippen LogP contribution is -2.19. The zero-order valence-electron chi connectivity index (χ0n) is 9.83. The van der Waals surface area contributed by atoms with E-state index in [0.717, 1.165) is 23.1 Å². The summed E-state index contributed by atoms with van der Waals surface area (Å²) in [7, 11) is 0. The van der Waals surface area contributed by atoms with Crippen molar-refractivity contribution in [1.82, 2.24) is 0 Å². The number of rotatable bonds is 3. The van der Waals surface area contributed by atoms with Gasteiger partial charge in [-0.1, -0.05) is 11.6 Å². The van der Waals surface area contributed by atoms with Gasteiger partial charge in [-0.25, -0.2) is 0 Å². The van der Waals surface area contributed by atoms with Crippen LogP contribution in [0.2, 0.25) is 5.02 Å². The third-order valence-corrected chi connectivity index (χ3v) is 3.66. The summed E-state index contributed by atoms with van der Waals surface area (Å²) in [5.74, 6) is 2.32. The summed E-state index contributed by atoms with van der Waals surface area (Å²) in [5, 5.41) is 4.15. The molecule has 0 amide bonds. The molecule has 1 aliphatic carbocycles. The molecule has 92 valence electrons. The Balaban J connectivity index is 1.83. The van der Waals surface area contributed by atoms with E-state index in [9.17, 15) is 0 Å². The van der Waals surface area contributed by atoms with Crippen molar-refractivity contribution in [1.29, 1.82) is 0 Å². The van der Waals surface area contributed by atoms with Crippen LogP contribution in [0.15, 0.2) is 12.1 Å². The Bertz CT molecular complexity index is 432. The van der Waals surface area contributed by atoms with Crippen molar-refractivity contribution >= 4 is 17.3 Å². The molecule has 3 nitrogen and oxygen atoms in total. The van der Waals surface area contributed by atoms with E-state index in [0.29, 0.717) is 24.3 Å². The third-order valence-electron chi connectivity index (χ3n) is 3.34. The molecule has 0 bridgehead atoms. The van der Waals surface area contributed by atoms with Gasteiger partial charge >= 0.3 is 0 Å². The average Bonchev–Trinajstić information content (AvgIpc) is 3.14. The van der Waals surface area contributed by atoms with Crippen LogP contribution >= 0.6 is 11.6 Å². The van der Waals surface area contributed by atoms with Gasteiger partial charge in [0, 0.05) is 18.2 Å². The normalized spacial score (nSPS) is 19.9. The fraction of sp³-hybridized carbons (Fsp3) is 0.538. The lowest BCUT2D eigenvalue weighted by Gasteiger charge is -2.22. The van der Waals surface area contributed by atoms with Gasteiger partial charge in [-0.3, -0.25) is 0 Å². The smallest absolute Gasteiger partial charge is 0.163 e. The van der Waals surface area contributed by atoms with Crippen LogP contribution < -0.4 is 14.8 Å². The van der Waals surface area contributed by atoms with Crippen LogP contribution in [0.5, 0.6) is 11.5 Å². The Morgan fingerprint density at radius 3 is 2.53 bits per heavy atom. The van der Waals surface area contributed by atoms with Crippen LogP contribution in [0.3, 0.4) is 0 Å². The molecule has 0 aromatic heterocycles. The standard InChI is InChI=1S/C13H16ClNO2/c1-8(9-2-3-9)15-11-7-13-12(6-10(11)14)16-4-5-17-13/h6-9,15H,2-5H2,1H3. The van der Waals surface area contributed by atoms with Gasteiger partial charge in [0.05, 0.1) is 10.7 Å². The predicted molar refractivity (Wildman–Crippen MR) is 68.3 cm³/mol. The van der Waals surface area contributed by atoms with Crippen LogP contribution in [0.25, 0.3) is 0 Å². The molecule has 1 fully saturated rings. The van der Waals surface area contributed by atoms with Gasteiger partial charge in [-0.05, 0) is 25.7 Å². The minimum absolute atomic E-state index is 0.468. The minimum Gasteiger partial charge on any atom is -0.486 e. The topological polar surface area (TPSA) is 30.5 Å². The Kier molecular flexibility index (Phi) is 2.79. The van der Waals surface area contributed by atoms with E-state index in [2.05, 4.69) is 12.2 Å². The number of benzene rings is 1. The molecule has 0 radical (unpaired) electrons. The maximum atomic E-state index is 6.23. The van der Waals surface area contributed by atoms with Gasteiger partial charge in [0.2, 0.25) is 0 Å². The van der Waals surface area contributed by atoms with E-state index in [-0.39, 0.29) is 0 Å². The van der Waals surface area contributed by atoms with Gasteiger partial charge in [-0.15, -0.1) is 0 Å². The summed E-state index contributed by atoms with van der Waals surface area (Å²) in [5.41, 5.74) is 0.940. The number of ether oxygens (including phenoxy) is 2. The maximum absolute atomic E-state index is 6.23. The molecule has 0 saturated heterocycles. The second-order valence-electron chi connectivity index (χ2n) is 4.75. The first-order valence-electron chi connectivity index (χ1n) is 6.10. The molecule has 1 aromatic rings. The van der Waals surface area contributed by atoms with E-state index in [1.807, 2.05) is 12.1 Å². The SMILES string of the molecule is CC(Nc1cc2c(cc1Cl)OCCO2)C1CC1. The molecule has 4 heteroatoms. The minimum atomic E-state index is 0.468. The van der Waals surface area contributed by atoms with Gasteiger partial charge in [-0.2, -0.15) is 0 Å². The Labute approximate surface area is 106 Å². The van der Waals surface area contributed by atoms with E-state index in [1.165, 1.54) is 12.8 Å². The summed E-state index contributed by atoms with van der Waals surface area (Å²) >= 11 is 6.23. The molecule has 1 heterocycles. The van der Waals surface area contributed by atoms with Crippen LogP contribution in [0.4, 0.5) is 5.69 Å². The molecule has 1 aromatic carbocycles. The largest absolute Gasteiger partial charge is 0.486 e. The maximum Gasteiger partial charge on any atom is 0.163 e. The molecule has 1 aliphatic heterocycles. The number of halogens is 1. The first kappa shape index (κ1) is 11.0. The molecule has 1 atom stereocenters. The zero-order chi connectivity index (χ0) is 11.8. The fourth-order valence-electron chi connectivity index (χ4n) is 2.13. The molecule has 0 spiro atoms. The lowest BCUT2D eigenvalue weighted by atomic mass is 10.2. The number of fused-ring (bicyclic) bond motifs is 1. The summed E-state index contributed by atoms with van der Waals surface area (Å²) in [6.07, 6.45) is 2.63.